The fourth-order valence-corrected chi connectivity index (χ4v) is 0.828. The molecule has 0 fully saturated rings. The van der Waals surface area contributed by atoms with E-state index in [-0.39, 0.29) is 0 Å². The molecule has 0 bridgehead atoms. The molecule has 0 aliphatic carbocycles. The number of aromatic nitrogens is 2. The van der Waals surface area contributed by atoms with E-state index in [2.05, 4.69) is 5.10 Å². The molecule has 0 saturated carbocycles. The van der Waals surface area contributed by atoms with Crippen molar-refractivity contribution in [3.05, 3.63) is 30.1 Å². The van der Waals surface area contributed by atoms with Crippen molar-refractivity contribution in [2.75, 3.05) is 0 Å². The summed E-state index contributed by atoms with van der Waals surface area (Å²) in [7, 11) is 0. The Balaban J connectivity index is 2.48. The van der Waals surface area contributed by atoms with Gasteiger partial charge in [-0.05, 0) is 12.5 Å². The Morgan fingerprint density at radius 2 is 2.58 bits per heavy atom. The van der Waals surface area contributed by atoms with Gasteiger partial charge in [0.2, 0.25) is 0 Å². The van der Waals surface area contributed by atoms with E-state index in [4.69, 9.17) is 5.11 Å². The van der Waals surface area contributed by atoms with Crippen LogP contribution in [-0.2, 0) is 11.3 Å². The molecule has 0 aliphatic rings. The standard InChI is InChI=1S/C8H10N2O2/c1-7-5-9-10(6-7)4-2-3-8(11)12/h2-3,5-6H,4H2,1H3,(H,11,12). The number of nitrogens with zero attached hydrogens (tertiary/aromatic N) is 2. The molecule has 1 heterocycles. The Kier molecular flexibility index (Phi) is 2.63. The zero-order valence-electron chi connectivity index (χ0n) is 6.77. The predicted molar refractivity (Wildman–Crippen MR) is 43.7 cm³/mol. The average molecular weight is 166 g/mol. The average Bonchev–Trinajstić information content (AvgIpc) is 2.35. The second-order valence-corrected chi connectivity index (χ2v) is 2.48. The van der Waals surface area contributed by atoms with E-state index in [0.717, 1.165) is 11.6 Å². The van der Waals surface area contributed by atoms with E-state index < -0.39 is 5.97 Å². The van der Waals surface area contributed by atoms with Crippen LogP contribution in [-0.4, -0.2) is 20.9 Å². The van der Waals surface area contributed by atoms with Gasteiger partial charge in [0.05, 0.1) is 12.7 Å². The molecular formula is C8H10N2O2. The van der Waals surface area contributed by atoms with Crippen molar-refractivity contribution >= 4 is 5.97 Å². The maximum atomic E-state index is 10.1. The molecule has 0 aliphatic heterocycles. The second-order valence-electron chi connectivity index (χ2n) is 2.48. The van der Waals surface area contributed by atoms with Gasteiger partial charge in [-0.15, -0.1) is 0 Å². The molecule has 0 saturated heterocycles. The number of carboxylic acid groups (broad SMARTS) is 1. The largest absolute Gasteiger partial charge is 0.478 e. The van der Waals surface area contributed by atoms with Gasteiger partial charge in [-0.25, -0.2) is 4.79 Å². The van der Waals surface area contributed by atoms with Crippen LogP contribution < -0.4 is 0 Å². The smallest absolute Gasteiger partial charge is 0.328 e. The number of aliphatic carboxylic acids is 1. The maximum absolute atomic E-state index is 10.1. The first-order chi connectivity index (χ1) is 5.68. The molecule has 0 spiro atoms. The summed E-state index contributed by atoms with van der Waals surface area (Å²) in [6.45, 7) is 2.44. The van der Waals surface area contributed by atoms with Gasteiger partial charge in [0.1, 0.15) is 0 Å². The lowest BCUT2D eigenvalue weighted by atomic mass is 10.4. The molecular weight excluding hydrogens is 156 g/mol. The molecule has 1 rings (SSSR count). The SMILES string of the molecule is Cc1cnn(CC=CC(=O)O)c1. The van der Waals surface area contributed by atoms with Crippen molar-refractivity contribution in [2.24, 2.45) is 0 Å². The highest BCUT2D eigenvalue weighted by atomic mass is 16.4. The minimum Gasteiger partial charge on any atom is -0.478 e. The molecule has 0 unspecified atom stereocenters. The van der Waals surface area contributed by atoms with Crippen LogP contribution in [0.15, 0.2) is 24.5 Å². The van der Waals surface area contributed by atoms with Crippen molar-refractivity contribution in [3.63, 3.8) is 0 Å². The van der Waals surface area contributed by atoms with Crippen molar-refractivity contribution in [1.29, 1.82) is 0 Å². The van der Waals surface area contributed by atoms with Gasteiger partial charge in [0.15, 0.2) is 0 Å². The summed E-state index contributed by atoms with van der Waals surface area (Å²) in [6.07, 6.45) is 6.24. The summed E-state index contributed by atoms with van der Waals surface area (Å²) >= 11 is 0. The molecule has 0 radical (unpaired) electrons. The summed E-state index contributed by atoms with van der Waals surface area (Å²) in [5, 5.41) is 12.3. The summed E-state index contributed by atoms with van der Waals surface area (Å²) < 4.78 is 1.68. The molecule has 4 nitrogen and oxygen atoms in total. The van der Waals surface area contributed by atoms with E-state index in [0.29, 0.717) is 6.54 Å². The van der Waals surface area contributed by atoms with Gasteiger partial charge < -0.3 is 5.11 Å². The van der Waals surface area contributed by atoms with Crippen molar-refractivity contribution in [2.45, 2.75) is 13.5 Å². The highest BCUT2D eigenvalue weighted by Gasteiger charge is 1.90. The van der Waals surface area contributed by atoms with Crippen LogP contribution in [0.2, 0.25) is 0 Å². The molecule has 4 heteroatoms. The number of allylic oxidation sites excluding steroid dienone is 1. The lowest BCUT2D eigenvalue weighted by Crippen LogP contribution is -1.96. The normalized spacial score (nSPS) is 10.8. The summed E-state index contributed by atoms with van der Waals surface area (Å²) in [6, 6.07) is 0. The highest BCUT2D eigenvalue weighted by molar-refractivity contribution is 5.79. The number of hydrogen-bond acceptors (Lipinski definition) is 2. The van der Waals surface area contributed by atoms with Gasteiger partial charge in [0.25, 0.3) is 0 Å². The predicted octanol–water partition coefficient (Wildman–Crippen LogP) is 0.832. The molecule has 1 N–H and O–H groups in total. The molecule has 0 amide bonds. The molecule has 12 heavy (non-hydrogen) atoms. The Morgan fingerprint density at radius 1 is 1.83 bits per heavy atom. The first kappa shape index (κ1) is 8.52. The van der Waals surface area contributed by atoms with Gasteiger partial charge in [-0.3, -0.25) is 4.68 Å². The number of carboxylic acids is 1. The van der Waals surface area contributed by atoms with Crippen LogP contribution in [0.25, 0.3) is 0 Å². The molecule has 0 atom stereocenters. The minimum absolute atomic E-state index is 0.500. The zero-order valence-corrected chi connectivity index (χ0v) is 6.77. The third-order valence-electron chi connectivity index (χ3n) is 1.32. The highest BCUT2D eigenvalue weighted by Crippen LogP contribution is 1.93. The minimum atomic E-state index is -0.932. The number of aryl methyl sites for hydroxylation is 1. The second kappa shape index (κ2) is 3.71. The molecule has 64 valence electrons. The topological polar surface area (TPSA) is 55.1 Å². The zero-order chi connectivity index (χ0) is 8.97. The van der Waals surface area contributed by atoms with Crippen LogP contribution in [0.4, 0.5) is 0 Å². The van der Waals surface area contributed by atoms with Crippen LogP contribution >= 0.6 is 0 Å². The van der Waals surface area contributed by atoms with E-state index in [1.165, 1.54) is 0 Å². The lowest BCUT2D eigenvalue weighted by molar-refractivity contribution is -0.131. The summed E-state index contributed by atoms with van der Waals surface area (Å²) in [4.78, 5) is 10.1. The first-order valence-electron chi connectivity index (χ1n) is 3.57. The van der Waals surface area contributed by atoms with Crippen LogP contribution in [0, 0.1) is 6.92 Å². The van der Waals surface area contributed by atoms with E-state index in [9.17, 15) is 4.79 Å². The third-order valence-corrected chi connectivity index (χ3v) is 1.32. The van der Waals surface area contributed by atoms with Gasteiger partial charge in [-0.1, -0.05) is 6.08 Å². The Labute approximate surface area is 70.1 Å². The van der Waals surface area contributed by atoms with E-state index in [1.807, 2.05) is 13.1 Å². The quantitative estimate of drug-likeness (QED) is 0.677. The van der Waals surface area contributed by atoms with Crippen LogP contribution in [0.3, 0.4) is 0 Å². The van der Waals surface area contributed by atoms with Crippen molar-refractivity contribution in [3.8, 4) is 0 Å². The number of rotatable bonds is 3. The first-order valence-corrected chi connectivity index (χ1v) is 3.57. The van der Waals surface area contributed by atoms with Crippen molar-refractivity contribution < 1.29 is 9.90 Å². The number of hydrogen-bond donors (Lipinski definition) is 1. The van der Waals surface area contributed by atoms with E-state index in [1.54, 1.807) is 17.0 Å². The summed E-state index contributed by atoms with van der Waals surface area (Å²) in [5.41, 5.74) is 1.07. The molecule has 0 aromatic carbocycles. The number of carbonyl (C=O) groups is 1. The summed E-state index contributed by atoms with van der Waals surface area (Å²) in [5.74, 6) is -0.932. The maximum Gasteiger partial charge on any atom is 0.328 e. The van der Waals surface area contributed by atoms with Crippen molar-refractivity contribution in [1.82, 2.24) is 9.78 Å². The van der Waals surface area contributed by atoms with Gasteiger partial charge >= 0.3 is 5.97 Å². The molecule has 1 aromatic heterocycles. The Morgan fingerprint density at radius 3 is 3.08 bits per heavy atom. The Hall–Kier alpha value is -1.58. The monoisotopic (exact) mass is 166 g/mol. The fourth-order valence-electron chi connectivity index (χ4n) is 0.828. The van der Waals surface area contributed by atoms with Crippen LogP contribution in [0.1, 0.15) is 5.56 Å². The van der Waals surface area contributed by atoms with E-state index >= 15 is 0 Å². The van der Waals surface area contributed by atoms with Gasteiger partial charge in [0, 0.05) is 12.3 Å². The Bertz CT molecular complexity index is 302. The van der Waals surface area contributed by atoms with Crippen LogP contribution in [0.5, 0.6) is 0 Å². The third kappa shape index (κ3) is 2.57. The lowest BCUT2D eigenvalue weighted by Gasteiger charge is -1.91. The molecule has 1 aromatic rings. The fraction of sp³-hybridized carbons (Fsp3) is 0.250. The van der Waals surface area contributed by atoms with Gasteiger partial charge in [-0.2, -0.15) is 5.10 Å².